The molecule has 12 aromatic rings. The SMILES string of the molecule is O=c1oc2ncccc2c2ncc(CCc3cc(CCc4cnc5c(c4)c(=O)oc4ncccc45)c4c(c3)-c3ccccc3-c3c[n+]-4c(-c4ccccc4)cc3-c3ccc(-c4ccccc4)cc3)cc12. The Morgan fingerprint density at radius 2 is 0.929 bits per heavy atom. The largest absolute Gasteiger partial charge is 0.403 e. The molecule has 70 heavy (non-hydrogen) atoms. The number of hydrogen-bond acceptors (Lipinski definition) is 8. The van der Waals surface area contributed by atoms with Gasteiger partial charge < -0.3 is 8.83 Å². The van der Waals surface area contributed by atoms with Crippen molar-refractivity contribution >= 4 is 44.0 Å². The predicted molar refractivity (Wildman–Crippen MR) is 275 cm³/mol. The molecule has 0 spiro atoms. The minimum Gasteiger partial charge on any atom is -0.403 e. The standard InChI is InChI=1S/C61H40N5O4/c67-60-51-31-38(34-64-55(51)47-17-9-27-62-58(47)69-60)20-19-37-29-44(22-21-39-32-52-56(65-35-39)48-18-10-28-63-59(48)70-61(52)68)57-50(30-37)45-15-7-8-16-46(45)53-36-66(57)54(43-13-5-2-6-14-43)33-49(53)42-25-23-41(24-26-42)40-11-3-1-4-12-40/h1-18,23-36H,19-22H2/q+1. The maximum Gasteiger partial charge on any atom is 0.347 e. The molecule has 1 aliphatic heterocycles. The quantitative estimate of drug-likeness (QED) is 0.104. The zero-order valence-corrected chi connectivity index (χ0v) is 37.7. The molecule has 1 aliphatic rings. The van der Waals surface area contributed by atoms with Crippen molar-refractivity contribution in [1.29, 1.82) is 0 Å². The molecule has 332 valence electrons. The summed E-state index contributed by atoms with van der Waals surface area (Å²) in [5.41, 5.74) is 17.3. The van der Waals surface area contributed by atoms with Crippen LogP contribution >= 0.6 is 0 Å². The van der Waals surface area contributed by atoms with Gasteiger partial charge in [0, 0.05) is 47.5 Å². The zero-order valence-electron chi connectivity index (χ0n) is 37.7. The number of rotatable bonds is 9. The maximum absolute atomic E-state index is 13.4. The highest BCUT2D eigenvalue weighted by Crippen LogP contribution is 2.44. The van der Waals surface area contributed by atoms with Gasteiger partial charge in [0.2, 0.25) is 22.8 Å². The number of nitrogens with zero attached hydrogens (tertiary/aromatic N) is 5. The summed E-state index contributed by atoms with van der Waals surface area (Å²) in [4.78, 5) is 44.7. The summed E-state index contributed by atoms with van der Waals surface area (Å²) in [6.45, 7) is 0. The molecule has 0 radical (unpaired) electrons. The van der Waals surface area contributed by atoms with Crippen molar-refractivity contribution in [3.05, 3.63) is 238 Å². The van der Waals surface area contributed by atoms with Crippen LogP contribution in [-0.2, 0) is 25.7 Å². The third-order valence-electron chi connectivity index (χ3n) is 13.6. The van der Waals surface area contributed by atoms with Crippen molar-refractivity contribution in [2.75, 3.05) is 0 Å². The lowest BCUT2D eigenvalue weighted by Gasteiger charge is -2.15. The second-order valence-corrected chi connectivity index (χ2v) is 17.8. The van der Waals surface area contributed by atoms with Gasteiger partial charge in [0.05, 0.1) is 43.7 Å². The number of pyridine rings is 5. The Morgan fingerprint density at radius 1 is 0.400 bits per heavy atom. The average Bonchev–Trinajstić information content (AvgIpc) is 3.53. The predicted octanol–water partition coefficient (Wildman–Crippen LogP) is 12.3. The monoisotopic (exact) mass is 906 g/mol. The molecule has 0 amide bonds. The van der Waals surface area contributed by atoms with Crippen molar-refractivity contribution in [3.8, 4) is 61.5 Å². The Labute approximate surface area is 400 Å². The van der Waals surface area contributed by atoms with Crippen LogP contribution in [0.15, 0.2) is 213 Å². The van der Waals surface area contributed by atoms with E-state index in [0.717, 1.165) is 78.1 Å². The Kier molecular flexibility index (Phi) is 9.86. The minimum atomic E-state index is -0.459. The zero-order chi connectivity index (χ0) is 46.7. The third kappa shape index (κ3) is 7.14. The molecule has 0 aliphatic carbocycles. The van der Waals surface area contributed by atoms with Crippen LogP contribution in [0, 0.1) is 0 Å². The number of aryl methyl sites for hydroxylation is 4. The van der Waals surface area contributed by atoms with Gasteiger partial charge in [-0.3, -0.25) is 9.97 Å². The molecule has 9 heteroatoms. The first-order valence-electron chi connectivity index (χ1n) is 23.4. The summed E-state index contributed by atoms with van der Waals surface area (Å²) < 4.78 is 13.6. The molecule has 2 bridgehead atoms. The van der Waals surface area contributed by atoms with E-state index in [1.807, 2.05) is 54.9 Å². The molecule has 0 saturated carbocycles. The molecule has 13 rings (SSSR count). The average molecular weight is 907 g/mol. The molecule has 0 N–H and O–H groups in total. The summed E-state index contributed by atoms with van der Waals surface area (Å²) in [5.74, 6) is 0. The van der Waals surface area contributed by atoms with Crippen LogP contribution in [0.25, 0.3) is 105 Å². The first-order chi connectivity index (χ1) is 34.5. The Balaban J connectivity index is 0.973. The highest BCUT2D eigenvalue weighted by atomic mass is 16.4. The van der Waals surface area contributed by atoms with E-state index in [0.29, 0.717) is 58.3 Å². The van der Waals surface area contributed by atoms with Gasteiger partial charge in [-0.2, -0.15) is 4.57 Å². The van der Waals surface area contributed by atoms with Gasteiger partial charge in [0.15, 0.2) is 6.20 Å². The summed E-state index contributed by atoms with van der Waals surface area (Å²) in [6, 6.07) is 56.9. The summed E-state index contributed by atoms with van der Waals surface area (Å²) in [7, 11) is 0. The first kappa shape index (κ1) is 41.0. The lowest BCUT2D eigenvalue weighted by molar-refractivity contribution is -0.583. The van der Waals surface area contributed by atoms with Crippen LogP contribution in [0.5, 0.6) is 0 Å². The normalized spacial score (nSPS) is 11.8. The van der Waals surface area contributed by atoms with Crippen molar-refractivity contribution in [3.63, 3.8) is 0 Å². The molecule has 8 heterocycles. The van der Waals surface area contributed by atoms with E-state index in [-0.39, 0.29) is 11.4 Å². The Bertz CT molecular complexity index is 4170. The van der Waals surface area contributed by atoms with Gasteiger partial charge in [-0.15, -0.1) is 0 Å². The number of benzene rings is 5. The smallest absolute Gasteiger partial charge is 0.347 e. The van der Waals surface area contributed by atoms with Gasteiger partial charge in [0.1, 0.15) is 0 Å². The molecule has 0 saturated heterocycles. The highest BCUT2D eigenvalue weighted by Gasteiger charge is 2.32. The highest BCUT2D eigenvalue weighted by molar-refractivity contribution is 6.01. The van der Waals surface area contributed by atoms with Crippen molar-refractivity contribution < 1.29 is 13.4 Å². The van der Waals surface area contributed by atoms with E-state index < -0.39 is 11.3 Å². The molecule has 9 nitrogen and oxygen atoms in total. The van der Waals surface area contributed by atoms with Crippen LogP contribution < -0.4 is 15.8 Å². The van der Waals surface area contributed by atoms with Crippen LogP contribution in [0.3, 0.4) is 0 Å². The van der Waals surface area contributed by atoms with Crippen LogP contribution in [-0.4, -0.2) is 19.9 Å². The van der Waals surface area contributed by atoms with Crippen LogP contribution in [0.4, 0.5) is 0 Å². The molecule has 0 fully saturated rings. The van der Waals surface area contributed by atoms with Gasteiger partial charge in [0.25, 0.3) is 0 Å². The molecular formula is C61H40N5O4+. The van der Waals surface area contributed by atoms with Crippen molar-refractivity contribution in [2.45, 2.75) is 25.7 Å². The maximum atomic E-state index is 13.4. The second-order valence-electron chi connectivity index (χ2n) is 17.8. The lowest BCUT2D eigenvalue weighted by atomic mass is 9.88. The Hall–Kier alpha value is -9.21. The second kappa shape index (κ2) is 16.8. The van der Waals surface area contributed by atoms with Gasteiger partial charge in [-0.25, -0.2) is 19.6 Å². The summed E-state index contributed by atoms with van der Waals surface area (Å²) in [6.07, 6.45) is 11.8. The van der Waals surface area contributed by atoms with E-state index in [1.165, 1.54) is 5.56 Å². The van der Waals surface area contributed by atoms with E-state index in [9.17, 15) is 9.59 Å². The number of aromatic nitrogens is 5. The van der Waals surface area contributed by atoms with Crippen LogP contribution in [0.2, 0.25) is 0 Å². The van der Waals surface area contributed by atoms with Crippen LogP contribution in [0.1, 0.15) is 22.3 Å². The van der Waals surface area contributed by atoms with Gasteiger partial charge in [-0.1, -0.05) is 97.1 Å². The fourth-order valence-corrected chi connectivity index (χ4v) is 10.2. The third-order valence-corrected chi connectivity index (χ3v) is 13.6. The Morgan fingerprint density at radius 3 is 1.56 bits per heavy atom. The lowest BCUT2D eigenvalue weighted by Crippen LogP contribution is -2.35. The van der Waals surface area contributed by atoms with Crippen molar-refractivity contribution in [2.24, 2.45) is 0 Å². The summed E-state index contributed by atoms with van der Waals surface area (Å²) >= 11 is 0. The molecule has 7 aromatic heterocycles. The number of hydrogen-bond donors (Lipinski definition) is 0. The molecule has 5 aromatic carbocycles. The van der Waals surface area contributed by atoms with E-state index in [4.69, 9.17) is 18.8 Å². The number of fused-ring (bicyclic) bond motifs is 13. The minimum absolute atomic E-state index is 0.273. The molecular weight excluding hydrogens is 867 g/mol. The van der Waals surface area contributed by atoms with Crippen molar-refractivity contribution in [1.82, 2.24) is 19.9 Å². The van der Waals surface area contributed by atoms with Gasteiger partial charge >= 0.3 is 11.3 Å². The van der Waals surface area contributed by atoms with E-state index in [1.54, 1.807) is 12.4 Å². The fourth-order valence-electron chi connectivity index (χ4n) is 10.2. The van der Waals surface area contributed by atoms with Gasteiger partial charge in [-0.05, 0) is 131 Å². The first-order valence-corrected chi connectivity index (χ1v) is 23.4. The topological polar surface area (TPSA) is 116 Å². The molecule has 0 atom stereocenters. The molecule has 0 unspecified atom stereocenters. The fraction of sp³-hybridized carbons (Fsp3) is 0.0656. The summed E-state index contributed by atoms with van der Waals surface area (Å²) in [5, 5.41) is 2.27. The van der Waals surface area contributed by atoms with E-state index >= 15 is 0 Å². The van der Waals surface area contributed by atoms with E-state index in [2.05, 4.69) is 142 Å².